The molecule has 0 atom stereocenters. The molecule has 11 nitrogen and oxygen atoms in total. The minimum atomic E-state index is -0.606. The van der Waals surface area contributed by atoms with Crippen molar-refractivity contribution in [2.75, 3.05) is 43.5 Å². The van der Waals surface area contributed by atoms with Gasteiger partial charge in [0.2, 0.25) is 17.7 Å². The first-order valence-corrected chi connectivity index (χ1v) is 11.4. The van der Waals surface area contributed by atoms with Crippen LogP contribution >= 0.6 is 0 Å². The lowest BCUT2D eigenvalue weighted by atomic mass is 10.3. The standard InChI is InChI=1S/C24H25FN8O3/c1-2-22(34)27-17-5-6-19(25)21(14-17)36-23-20-4-3-7-33(20)30-24(29-23)28-18-15-26-32(16-18)9-8-31-10-12-35-13-11-31/h2-7,14-16H,1,8-13H2,(H,27,34)(H,28,30). The number of carbonyl (C=O) groups is 1. The average molecular weight is 493 g/mol. The number of anilines is 3. The molecular weight excluding hydrogens is 467 g/mol. The highest BCUT2D eigenvalue weighted by molar-refractivity contribution is 5.98. The van der Waals surface area contributed by atoms with Gasteiger partial charge in [0.15, 0.2) is 11.6 Å². The molecule has 3 aromatic heterocycles. The molecule has 1 aromatic carbocycles. The van der Waals surface area contributed by atoms with E-state index in [-0.39, 0.29) is 17.6 Å². The molecular formula is C24H25FN8O3. The zero-order valence-electron chi connectivity index (χ0n) is 19.4. The number of ether oxygens (including phenoxy) is 2. The summed E-state index contributed by atoms with van der Waals surface area (Å²) in [7, 11) is 0. The first kappa shape index (κ1) is 23.5. The van der Waals surface area contributed by atoms with Crippen molar-refractivity contribution in [1.29, 1.82) is 0 Å². The molecule has 0 radical (unpaired) electrons. The molecule has 0 aliphatic carbocycles. The predicted molar refractivity (Wildman–Crippen MR) is 131 cm³/mol. The first-order valence-electron chi connectivity index (χ1n) is 11.4. The second-order valence-corrected chi connectivity index (χ2v) is 8.09. The SMILES string of the molecule is C=CC(=O)Nc1ccc(F)c(Oc2nc(Nc3cnn(CCN4CCOCC4)c3)nn3cccc23)c1. The lowest BCUT2D eigenvalue weighted by Gasteiger charge is -2.26. The minimum Gasteiger partial charge on any atom is -0.434 e. The van der Waals surface area contributed by atoms with E-state index in [0.29, 0.717) is 16.9 Å². The highest BCUT2D eigenvalue weighted by atomic mass is 19.1. The molecule has 0 unspecified atom stereocenters. The quantitative estimate of drug-likeness (QED) is 0.343. The normalized spacial score (nSPS) is 14.0. The van der Waals surface area contributed by atoms with Gasteiger partial charge in [0, 0.05) is 43.8 Å². The molecule has 4 heterocycles. The topological polar surface area (TPSA) is 111 Å². The van der Waals surface area contributed by atoms with Crippen molar-refractivity contribution in [2.24, 2.45) is 0 Å². The van der Waals surface area contributed by atoms with Gasteiger partial charge < -0.3 is 20.1 Å². The molecule has 12 heteroatoms. The molecule has 1 aliphatic rings. The fraction of sp³-hybridized carbons (Fsp3) is 0.250. The number of carbonyl (C=O) groups excluding carboxylic acids is 1. The van der Waals surface area contributed by atoms with Crippen LogP contribution in [0.1, 0.15) is 0 Å². The van der Waals surface area contributed by atoms with Gasteiger partial charge in [-0.25, -0.2) is 8.91 Å². The van der Waals surface area contributed by atoms with Crippen molar-refractivity contribution in [3.05, 3.63) is 67.4 Å². The molecule has 0 saturated carbocycles. The van der Waals surface area contributed by atoms with Gasteiger partial charge in [-0.15, -0.1) is 5.10 Å². The Morgan fingerprint density at radius 1 is 1.22 bits per heavy atom. The fourth-order valence-electron chi connectivity index (χ4n) is 3.74. The molecule has 1 saturated heterocycles. The molecule has 1 amide bonds. The Kier molecular flexibility index (Phi) is 6.87. The summed E-state index contributed by atoms with van der Waals surface area (Å²) in [5, 5.41) is 14.6. The predicted octanol–water partition coefficient (Wildman–Crippen LogP) is 3.06. The van der Waals surface area contributed by atoms with Gasteiger partial charge in [-0.3, -0.25) is 14.4 Å². The molecule has 186 valence electrons. The van der Waals surface area contributed by atoms with E-state index in [1.165, 1.54) is 18.2 Å². The van der Waals surface area contributed by atoms with Gasteiger partial charge in [0.05, 0.1) is 31.6 Å². The van der Waals surface area contributed by atoms with Crippen molar-refractivity contribution in [3.63, 3.8) is 0 Å². The maximum atomic E-state index is 14.5. The van der Waals surface area contributed by atoms with Gasteiger partial charge in [-0.2, -0.15) is 10.1 Å². The number of hydrogen-bond acceptors (Lipinski definition) is 8. The smallest absolute Gasteiger partial charge is 0.248 e. The van der Waals surface area contributed by atoms with E-state index in [9.17, 15) is 9.18 Å². The molecule has 4 aromatic rings. The van der Waals surface area contributed by atoms with Crippen LogP contribution in [0.4, 0.5) is 21.7 Å². The maximum Gasteiger partial charge on any atom is 0.248 e. The molecule has 5 rings (SSSR count). The molecule has 1 aliphatic heterocycles. The summed E-state index contributed by atoms with van der Waals surface area (Å²) >= 11 is 0. The van der Waals surface area contributed by atoms with E-state index in [4.69, 9.17) is 9.47 Å². The van der Waals surface area contributed by atoms with Crippen molar-refractivity contribution in [1.82, 2.24) is 29.3 Å². The Balaban J connectivity index is 1.32. The number of nitrogens with zero attached hydrogens (tertiary/aromatic N) is 6. The summed E-state index contributed by atoms with van der Waals surface area (Å²) in [6.07, 6.45) is 6.42. The fourth-order valence-corrected chi connectivity index (χ4v) is 3.74. The number of benzene rings is 1. The monoisotopic (exact) mass is 492 g/mol. The van der Waals surface area contributed by atoms with E-state index in [1.54, 1.807) is 29.0 Å². The van der Waals surface area contributed by atoms with Crippen molar-refractivity contribution < 1.29 is 18.7 Å². The number of nitrogens with one attached hydrogen (secondary N) is 2. The van der Waals surface area contributed by atoms with E-state index >= 15 is 0 Å². The largest absolute Gasteiger partial charge is 0.434 e. The van der Waals surface area contributed by atoms with E-state index in [0.717, 1.165) is 45.5 Å². The molecule has 1 fully saturated rings. The number of halogens is 1. The molecule has 0 spiro atoms. The first-order chi connectivity index (χ1) is 17.6. The Bertz CT molecular complexity index is 1380. The third kappa shape index (κ3) is 5.50. The maximum absolute atomic E-state index is 14.5. The summed E-state index contributed by atoms with van der Waals surface area (Å²) in [5.74, 6) is -0.728. The zero-order valence-corrected chi connectivity index (χ0v) is 19.4. The van der Waals surface area contributed by atoms with Gasteiger partial charge >= 0.3 is 0 Å². The minimum absolute atomic E-state index is 0.0967. The molecule has 0 bridgehead atoms. The molecule has 2 N–H and O–H groups in total. The number of morpholine rings is 1. The van der Waals surface area contributed by atoms with E-state index < -0.39 is 11.7 Å². The Morgan fingerprint density at radius 2 is 2.08 bits per heavy atom. The van der Waals surface area contributed by atoms with Crippen LogP contribution in [0.5, 0.6) is 11.6 Å². The summed E-state index contributed by atoms with van der Waals surface area (Å²) in [5.41, 5.74) is 1.61. The Labute approximate surface area is 206 Å². The lowest BCUT2D eigenvalue weighted by Crippen LogP contribution is -2.38. The van der Waals surface area contributed by atoms with Crippen LogP contribution < -0.4 is 15.4 Å². The highest BCUT2D eigenvalue weighted by Crippen LogP contribution is 2.30. The third-order valence-corrected chi connectivity index (χ3v) is 5.59. The van der Waals surface area contributed by atoms with Crippen LogP contribution in [0, 0.1) is 5.82 Å². The number of fused-ring (bicyclic) bond motifs is 1. The van der Waals surface area contributed by atoms with Crippen molar-refractivity contribution >= 4 is 28.7 Å². The van der Waals surface area contributed by atoms with E-state index in [1.807, 2.05) is 10.9 Å². The van der Waals surface area contributed by atoms with Gasteiger partial charge in [0.25, 0.3) is 0 Å². The number of rotatable bonds is 9. The number of hydrogen-bond donors (Lipinski definition) is 2. The van der Waals surface area contributed by atoms with Crippen LogP contribution in [-0.4, -0.2) is 68.0 Å². The summed E-state index contributed by atoms with van der Waals surface area (Å²) < 4.78 is 29.2. The van der Waals surface area contributed by atoms with Gasteiger partial charge in [0.1, 0.15) is 5.52 Å². The van der Waals surface area contributed by atoms with Crippen LogP contribution in [0.15, 0.2) is 61.6 Å². The number of amides is 1. The van der Waals surface area contributed by atoms with Crippen molar-refractivity contribution in [2.45, 2.75) is 6.54 Å². The van der Waals surface area contributed by atoms with Crippen molar-refractivity contribution in [3.8, 4) is 11.6 Å². The average Bonchev–Trinajstić information content (AvgIpc) is 3.55. The summed E-state index contributed by atoms with van der Waals surface area (Å²) in [6.45, 7) is 8.39. The zero-order chi connectivity index (χ0) is 24.9. The molecule has 36 heavy (non-hydrogen) atoms. The van der Waals surface area contributed by atoms with Crippen LogP contribution in [-0.2, 0) is 16.1 Å². The summed E-state index contributed by atoms with van der Waals surface area (Å²) in [4.78, 5) is 18.4. The lowest BCUT2D eigenvalue weighted by molar-refractivity contribution is -0.111. The van der Waals surface area contributed by atoms with Gasteiger partial charge in [-0.05, 0) is 30.3 Å². The summed E-state index contributed by atoms with van der Waals surface area (Å²) in [6, 6.07) is 7.55. The van der Waals surface area contributed by atoms with E-state index in [2.05, 4.69) is 37.3 Å². The Morgan fingerprint density at radius 3 is 2.92 bits per heavy atom. The second-order valence-electron chi connectivity index (χ2n) is 8.09. The van der Waals surface area contributed by atoms with Crippen LogP contribution in [0.3, 0.4) is 0 Å². The second kappa shape index (κ2) is 10.5. The van der Waals surface area contributed by atoms with Crippen LogP contribution in [0.2, 0.25) is 0 Å². The van der Waals surface area contributed by atoms with Gasteiger partial charge in [-0.1, -0.05) is 6.58 Å². The third-order valence-electron chi connectivity index (χ3n) is 5.59. The highest BCUT2D eigenvalue weighted by Gasteiger charge is 2.15. The number of aromatic nitrogens is 5. The Hall–Kier alpha value is -4.29. The van der Waals surface area contributed by atoms with Crippen LogP contribution in [0.25, 0.3) is 5.52 Å².